The van der Waals surface area contributed by atoms with Crippen LogP contribution >= 0.6 is 0 Å². The average Bonchev–Trinajstić information content (AvgIpc) is 3.90. The number of nitriles is 1. The Bertz CT molecular complexity index is 2810. The number of nitrogens with zero attached hydrogens (tertiary/aromatic N) is 8. The number of hydrogen-bond acceptors (Lipinski definition) is 11. The van der Waals surface area contributed by atoms with E-state index < -0.39 is 23.9 Å². The van der Waals surface area contributed by atoms with Gasteiger partial charge in [-0.2, -0.15) is 5.26 Å². The molecular weight excluding hydrogens is 833 g/mol. The van der Waals surface area contributed by atoms with Crippen LogP contribution in [0.25, 0.3) is 16.6 Å². The van der Waals surface area contributed by atoms with Crippen molar-refractivity contribution in [3.05, 3.63) is 111 Å². The fourth-order valence-corrected chi connectivity index (χ4v) is 10.3. The highest BCUT2D eigenvalue weighted by molar-refractivity contribution is 6.05. The van der Waals surface area contributed by atoms with E-state index in [0.717, 1.165) is 81.2 Å². The fourth-order valence-electron chi connectivity index (χ4n) is 10.3. The van der Waals surface area contributed by atoms with Crippen LogP contribution in [0, 0.1) is 30.0 Å². The van der Waals surface area contributed by atoms with Crippen LogP contribution in [0.2, 0.25) is 0 Å². The van der Waals surface area contributed by atoms with Crippen LogP contribution < -0.4 is 30.3 Å². The van der Waals surface area contributed by atoms with E-state index in [0.29, 0.717) is 54.3 Å². The molecule has 14 nitrogen and oxygen atoms in total. The molecule has 0 radical (unpaired) electrons. The minimum atomic E-state index is -1.03. The van der Waals surface area contributed by atoms with Crippen LogP contribution in [0.5, 0.6) is 11.5 Å². The van der Waals surface area contributed by atoms with Crippen LogP contribution in [0.3, 0.4) is 0 Å². The number of anilines is 3. The lowest BCUT2D eigenvalue weighted by atomic mass is 9.94. The van der Waals surface area contributed by atoms with Gasteiger partial charge in [0.05, 0.1) is 22.3 Å². The second kappa shape index (κ2) is 17.3. The molecule has 10 rings (SSSR count). The Hall–Kier alpha value is -6.86. The molecule has 0 spiro atoms. The van der Waals surface area contributed by atoms with Gasteiger partial charge >= 0.3 is 0 Å². The van der Waals surface area contributed by atoms with Gasteiger partial charge < -0.3 is 24.3 Å². The molecule has 334 valence electrons. The molecule has 0 bridgehead atoms. The predicted octanol–water partition coefficient (Wildman–Crippen LogP) is 5.85. The molecule has 16 heteroatoms. The summed E-state index contributed by atoms with van der Waals surface area (Å²) < 4.78 is 36.5. The van der Waals surface area contributed by atoms with Crippen molar-refractivity contribution < 1.29 is 27.9 Å². The van der Waals surface area contributed by atoms with E-state index in [2.05, 4.69) is 38.0 Å². The third kappa shape index (κ3) is 8.02. The van der Waals surface area contributed by atoms with Crippen LogP contribution in [-0.4, -0.2) is 108 Å². The molecule has 1 aromatic heterocycles. The van der Waals surface area contributed by atoms with Crippen molar-refractivity contribution in [2.45, 2.75) is 57.8 Å². The number of aromatic nitrogens is 2. The lowest BCUT2D eigenvalue weighted by molar-refractivity contribution is -0.136. The number of ether oxygens (including phenoxy) is 1. The highest BCUT2D eigenvalue weighted by Gasteiger charge is 2.40. The molecule has 5 aliphatic rings. The zero-order valence-corrected chi connectivity index (χ0v) is 36.1. The number of carbonyl (C=O) groups excluding carboxylic acids is 3. The minimum absolute atomic E-state index is 0.0331. The van der Waals surface area contributed by atoms with Crippen molar-refractivity contribution in [2.75, 3.05) is 73.6 Å². The van der Waals surface area contributed by atoms with Gasteiger partial charge in [-0.25, -0.2) is 13.8 Å². The van der Waals surface area contributed by atoms with Crippen molar-refractivity contribution in [3.63, 3.8) is 0 Å². The highest BCUT2D eigenvalue weighted by Crippen LogP contribution is 2.38. The molecule has 4 aromatic carbocycles. The number of carbonyl (C=O) groups is 3. The Morgan fingerprint density at radius 1 is 0.831 bits per heavy atom. The lowest BCUT2D eigenvalue weighted by Crippen LogP contribution is -2.52. The summed E-state index contributed by atoms with van der Waals surface area (Å²) in [6.07, 6.45) is 3.53. The molecule has 2 atom stereocenters. The monoisotopic (exact) mass is 881 g/mol. The summed E-state index contributed by atoms with van der Waals surface area (Å²) in [5.74, 6) is -1.10. The van der Waals surface area contributed by atoms with E-state index in [1.807, 2.05) is 36.4 Å². The number of fused-ring (bicyclic) bond motifs is 2. The number of halogens is 2. The maximum Gasteiger partial charge on any atom is 0.265 e. The van der Waals surface area contributed by atoms with E-state index in [-0.39, 0.29) is 52.8 Å². The van der Waals surface area contributed by atoms with E-state index in [4.69, 9.17) is 4.74 Å². The van der Waals surface area contributed by atoms with Gasteiger partial charge in [-0.3, -0.25) is 34.0 Å². The third-order valence-corrected chi connectivity index (χ3v) is 13.9. The maximum atomic E-state index is 15.1. The molecule has 65 heavy (non-hydrogen) atoms. The first-order chi connectivity index (χ1) is 31.5. The lowest BCUT2D eigenvalue weighted by Gasteiger charge is -2.40. The first kappa shape index (κ1) is 42.1. The summed E-state index contributed by atoms with van der Waals surface area (Å²) in [4.78, 5) is 66.6. The van der Waals surface area contributed by atoms with Crippen LogP contribution in [0.1, 0.15) is 59.2 Å². The van der Waals surface area contributed by atoms with Crippen LogP contribution in [0.15, 0.2) is 77.9 Å². The predicted molar refractivity (Wildman–Crippen MR) is 241 cm³/mol. The van der Waals surface area contributed by atoms with Crippen LogP contribution in [-0.2, 0) is 16.1 Å². The van der Waals surface area contributed by atoms with Crippen LogP contribution in [0.4, 0.5) is 25.8 Å². The zero-order valence-electron chi connectivity index (χ0n) is 36.1. The van der Waals surface area contributed by atoms with Crippen molar-refractivity contribution in [3.8, 4) is 23.3 Å². The van der Waals surface area contributed by atoms with Gasteiger partial charge in [0.2, 0.25) is 11.8 Å². The number of piperazine rings is 1. The standard InChI is InChI=1S/C49H49F2N9O5/c1-30-39-28-59(44-12-13-45(61)54-47(44)62)48(63)36(39)7-10-42(30)57-17-14-31(15-18-57)26-55-20-22-56(23-21-55)33-2-4-34(5-3-33)60-29-53-41-9-6-35(24-37(41)49(60)64)65-46-38(25-52)43(11-8-40(46)51)58-19-16-32(50)27-58/h2-11,24,29,31-32,44H,12-23,26-28H2,1H3,(H,54,61,62)/t32-,44?/m1/s1. The smallest absolute Gasteiger partial charge is 0.265 e. The second-order valence-electron chi connectivity index (χ2n) is 17.8. The SMILES string of the molecule is Cc1c(N2CCC(CN3CCN(c4ccc(-n5cnc6ccc(Oc7c(F)ccc(N8CC[C@@H](F)C8)c7C#N)cc6c5=O)cc4)CC3)CC2)ccc2c1CN(C1CCC(=O)NC1=O)C2=O. The van der Waals surface area contributed by atoms with E-state index in [9.17, 15) is 28.8 Å². The fraction of sp³-hybridized carbons (Fsp3) is 0.388. The number of alkyl halides is 1. The maximum absolute atomic E-state index is 15.1. The third-order valence-electron chi connectivity index (χ3n) is 13.9. The molecule has 5 aromatic rings. The minimum Gasteiger partial charge on any atom is -0.453 e. The molecule has 0 saturated carbocycles. The molecule has 0 aliphatic carbocycles. The largest absolute Gasteiger partial charge is 0.453 e. The Balaban J connectivity index is 0.737. The molecule has 5 aliphatic heterocycles. The Morgan fingerprint density at radius 2 is 1.57 bits per heavy atom. The Morgan fingerprint density at radius 3 is 2.29 bits per heavy atom. The van der Waals surface area contributed by atoms with E-state index in [1.54, 1.807) is 21.9 Å². The molecule has 4 saturated heterocycles. The summed E-state index contributed by atoms with van der Waals surface area (Å²) in [7, 11) is 0. The normalized spacial score (nSPS) is 20.7. The quantitative estimate of drug-likeness (QED) is 0.178. The molecule has 3 amide bonds. The summed E-state index contributed by atoms with van der Waals surface area (Å²) in [6.45, 7) is 9.55. The number of amides is 3. The van der Waals surface area contributed by atoms with Crippen molar-refractivity contribution in [1.29, 1.82) is 5.26 Å². The number of rotatable bonds is 9. The second-order valence-corrected chi connectivity index (χ2v) is 17.8. The number of imide groups is 1. The van der Waals surface area contributed by atoms with Gasteiger partial charge in [-0.15, -0.1) is 0 Å². The van der Waals surface area contributed by atoms with Gasteiger partial charge in [0, 0.05) is 88.8 Å². The topological polar surface area (TPSA) is 147 Å². The summed E-state index contributed by atoms with van der Waals surface area (Å²) in [6, 6.07) is 20.6. The summed E-state index contributed by atoms with van der Waals surface area (Å²) >= 11 is 0. The average molecular weight is 882 g/mol. The Labute approximate surface area is 374 Å². The van der Waals surface area contributed by atoms with Crippen molar-refractivity contribution in [1.82, 2.24) is 24.7 Å². The number of nitrogens with one attached hydrogen (secondary N) is 1. The first-order valence-corrected chi connectivity index (χ1v) is 22.4. The number of piperidine rings is 2. The van der Waals surface area contributed by atoms with E-state index in [1.165, 1.54) is 29.1 Å². The molecule has 4 fully saturated rings. The van der Waals surface area contributed by atoms with Crippen molar-refractivity contribution >= 4 is 45.7 Å². The first-order valence-electron chi connectivity index (χ1n) is 22.4. The summed E-state index contributed by atoms with van der Waals surface area (Å²) in [5.41, 5.74) is 6.04. The van der Waals surface area contributed by atoms with Gasteiger partial charge in [-0.05, 0) is 116 Å². The van der Waals surface area contributed by atoms with Gasteiger partial charge in [0.25, 0.3) is 11.5 Å². The number of benzene rings is 4. The molecule has 1 unspecified atom stereocenters. The Kier molecular flexibility index (Phi) is 11.2. The van der Waals surface area contributed by atoms with Gasteiger partial charge in [0.1, 0.15) is 35.9 Å². The summed E-state index contributed by atoms with van der Waals surface area (Å²) in [5, 5.41) is 12.6. The van der Waals surface area contributed by atoms with Gasteiger partial charge in [-0.1, -0.05) is 0 Å². The number of hydrogen-bond donors (Lipinski definition) is 1. The van der Waals surface area contributed by atoms with Crippen molar-refractivity contribution in [2.24, 2.45) is 5.92 Å². The molecule has 6 heterocycles. The van der Waals surface area contributed by atoms with E-state index >= 15 is 4.39 Å². The zero-order chi connectivity index (χ0) is 44.9. The highest BCUT2D eigenvalue weighted by atomic mass is 19.1. The van der Waals surface area contributed by atoms with Gasteiger partial charge in [0.15, 0.2) is 11.6 Å². The molecule has 1 N–H and O–H groups in total. The molecular formula is C49H49F2N9O5.